The molecule has 0 saturated carbocycles. The summed E-state index contributed by atoms with van der Waals surface area (Å²) in [5.74, 6) is -0.183. The molecule has 1 fully saturated rings. The second-order valence-corrected chi connectivity index (χ2v) is 10.4. The first-order valence-corrected chi connectivity index (χ1v) is 13.2. The zero-order valence-electron chi connectivity index (χ0n) is 19.3. The highest BCUT2D eigenvalue weighted by Gasteiger charge is 2.36. The third-order valence-electron chi connectivity index (χ3n) is 5.17. The minimum atomic E-state index is -0.567. The van der Waals surface area contributed by atoms with E-state index in [2.05, 4.69) is 21.2 Å². The second-order valence-electron chi connectivity index (χ2n) is 7.75. The van der Waals surface area contributed by atoms with Crippen LogP contribution in [0.15, 0.2) is 70.0 Å². The fourth-order valence-corrected chi connectivity index (χ4v) is 5.10. The van der Waals surface area contributed by atoms with E-state index in [0.717, 1.165) is 22.2 Å². The Hall–Kier alpha value is -2.98. The van der Waals surface area contributed by atoms with Crippen molar-refractivity contribution in [3.05, 3.63) is 91.2 Å². The Balaban J connectivity index is 1.47. The van der Waals surface area contributed by atoms with E-state index in [1.807, 2.05) is 12.1 Å². The van der Waals surface area contributed by atoms with Crippen LogP contribution in [-0.4, -0.2) is 35.6 Å². The maximum Gasteiger partial charge on any atom is 0.294 e. The number of halogens is 3. The standard InChI is InChI=1S/C26H19BrCl2N2O5S/c1-35-21-11-16(10-18(27)24(21)36-14-15-6-8-17(28)9-7-15)12-22-25(33)31(26(34)37-22)13-23(32)30-20-5-3-2-4-19(20)29/h2-12H,13-14H2,1H3,(H,30,32)/b22-12+. The van der Waals surface area contributed by atoms with Gasteiger partial charge in [-0.1, -0.05) is 47.5 Å². The minimum absolute atomic E-state index is 0.180. The van der Waals surface area contributed by atoms with E-state index in [-0.39, 0.29) is 4.91 Å². The summed E-state index contributed by atoms with van der Waals surface area (Å²) in [6.07, 6.45) is 1.56. The van der Waals surface area contributed by atoms with E-state index in [4.69, 9.17) is 32.7 Å². The monoisotopic (exact) mass is 620 g/mol. The summed E-state index contributed by atoms with van der Waals surface area (Å²) in [6, 6.07) is 17.4. The Morgan fingerprint density at radius 3 is 2.54 bits per heavy atom. The molecule has 1 aliphatic heterocycles. The van der Waals surface area contributed by atoms with Crippen molar-refractivity contribution in [3.8, 4) is 11.5 Å². The molecular formula is C26H19BrCl2N2O5S. The Morgan fingerprint density at radius 1 is 1.11 bits per heavy atom. The molecule has 3 aromatic rings. The van der Waals surface area contributed by atoms with Gasteiger partial charge in [0.15, 0.2) is 11.5 Å². The summed E-state index contributed by atoms with van der Waals surface area (Å²) < 4.78 is 12.0. The van der Waals surface area contributed by atoms with E-state index in [1.165, 1.54) is 7.11 Å². The molecule has 4 rings (SSSR count). The van der Waals surface area contributed by atoms with E-state index in [1.54, 1.807) is 54.6 Å². The van der Waals surface area contributed by atoms with Crippen molar-refractivity contribution in [2.45, 2.75) is 6.61 Å². The van der Waals surface area contributed by atoms with Crippen LogP contribution in [0.25, 0.3) is 6.08 Å². The van der Waals surface area contributed by atoms with Crippen molar-refractivity contribution >= 4 is 79.7 Å². The van der Waals surface area contributed by atoms with Crippen LogP contribution in [0.3, 0.4) is 0 Å². The number of hydrogen-bond donors (Lipinski definition) is 1. The molecule has 0 radical (unpaired) electrons. The molecule has 1 N–H and O–H groups in total. The highest BCUT2D eigenvalue weighted by molar-refractivity contribution is 9.10. The number of hydrogen-bond acceptors (Lipinski definition) is 6. The van der Waals surface area contributed by atoms with Gasteiger partial charge in [0.25, 0.3) is 11.1 Å². The number of methoxy groups -OCH3 is 1. The number of thioether (sulfide) groups is 1. The minimum Gasteiger partial charge on any atom is -0.493 e. The van der Waals surface area contributed by atoms with Crippen LogP contribution in [0.1, 0.15) is 11.1 Å². The van der Waals surface area contributed by atoms with Gasteiger partial charge in [0.1, 0.15) is 13.2 Å². The number of imide groups is 1. The molecule has 0 atom stereocenters. The van der Waals surface area contributed by atoms with Crippen molar-refractivity contribution in [1.82, 2.24) is 4.90 Å². The Labute approximate surface area is 235 Å². The first-order chi connectivity index (χ1) is 17.7. The van der Waals surface area contributed by atoms with Gasteiger partial charge in [0.05, 0.1) is 27.2 Å². The Bertz CT molecular complexity index is 1400. The van der Waals surface area contributed by atoms with Crippen molar-refractivity contribution < 1.29 is 23.9 Å². The van der Waals surface area contributed by atoms with Crippen LogP contribution in [0.5, 0.6) is 11.5 Å². The van der Waals surface area contributed by atoms with E-state index in [0.29, 0.717) is 43.9 Å². The number of nitrogens with zero attached hydrogens (tertiary/aromatic N) is 1. The normalized spacial score (nSPS) is 14.3. The second kappa shape index (κ2) is 12.0. The third-order valence-corrected chi connectivity index (χ3v) is 7.25. The average molecular weight is 622 g/mol. The number of anilines is 1. The van der Waals surface area contributed by atoms with E-state index in [9.17, 15) is 14.4 Å². The maximum atomic E-state index is 12.9. The zero-order valence-corrected chi connectivity index (χ0v) is 23.2. The lowest BCUT2D eigenvalue weighted by Gasteiger charge is -2.14. The SMILES string of the molecule is COc1cc(/C=C2/SC(=O)N(CC(=O)Nc3ccccc3Cl)C2=O)cc(Br)c1OCc1ccc(Cl)cc1. The molecule has 37 heavy (non-hydrogen) atoms. The number of ether oxygens (including phenoxy) is 2. The lowest BCUT2D eigenvalue weighted by molar-refractivity contribution is -0.127. The molecular weight excluding hydrogens is 603 g/mol. The summed E-state index contributed by atoms with van der Waals surface area (Å²) in [6.45, 7) is -0.141. The molecule has 11 heteroatoms. The lowest BCUT2D eigenvalue weighted by Crippen LogP contribution is -2.36. The fourth-order valence-electron chi connectivity index (χ4n) is 3.38. The number of amides is 3. The van der Waals surface area contributed by atoms with Gasteiger partial charge >= 0.3 is 0 Å². The van der Waals surface area contributed by atoms with Gasteiger partial charge in [-0.3, -0.25) is 19.3 Å². The Kier molecular flexibility index (Phi) is 8.81. The summed E-state index contributed by atoms with van der Waals surface area (Å²) in [4.78, 5) is 38.9. The molecule has 190 valence electrons. The summed E-state index contributed by atoms with van der Waals surface area (Å²) in [5, 5.41) is 3.06. The summed E-state index contributed by atoms with van der Waals surface area (Å²) >= 11 is 16.2. The zero-order chi connectivity index (χ0) is 26.5. The Morgan fingerprint density at radius 2 is 1.84 bits per heavy atom. The lowest BCUT2D eigenvalue weighted by atomic mass is 10.1. The molecule has 3 aromatic carbocycles. The molecule has 0 spiro atoms. The molecule has 1 saturated heterocycles. The third kappa shape index (κ3) is 6.67. The van der Waals surface area contributed by atoms with Crippen molar-refractivity contribution in [3.63, 3.8) is 0 Å². The van der Waals surface area contributed by atoms with Gasteiger partial charge < -0.3 is 14.8 Å². The van der Waals surface area contributed by atoms with E-state index < -0.39 is 23.6 Å². The number of carbonyl (C=O) groups is 3. The molecule has 3 amide bonds. The smallest absolute Gasteiger partial charge is 0.294 e. The first kappa shape index (κ1) is 27.1. The summed E-state index contributed by atoms with van der Waals surface area (Å²) in [7, 11) is 1.51. The summed E-state index contributed by atoms with van der Waals surface area (Å²) in [5.41, 5.74) is 1.93. The number of benzene rings is 3. The molecule has 7 nitrogen and oxygen atoms in total. The number of para-hydroxylation sites is 1. The molecule has 1 heterocycles. The largest absolute Gasteiger partial charge is 0.493 e. The van der Waals surface area contributed by atoms with E-state index >= 15 is 0 Å². The van der Waals surface area contributed by atoms with Crippen molar-refractivity contribution in [2.75, 3.05) is 19.0 Å². The van der Waals surface area contributed by atoms with Gasteiger partial charge in [-0.2, -0.15) is 0 Å². The molecule has 0 aromatic heterocycles. The maximum absolute atomic E-state index is 12.9. The van der Waals surface area contributed by atoms with Gasteiger partial charge in [0, 0.05) is 5.02 Å². The number of nitrogens with one attached hydrogen (secondary N) is 1. The van der Waals surface area contributed by atoms with Gasteiger partial charge in [-0.05, 0) is 81.3 Å². The van der Waals surface area contributed by atoms with Crippen LogP contribution in [0.4, 0.5) is 10.5 Å². The van der Waals surface area contributed by atoms with Gasteiger partial charge in [0.2, 0.25) is 5.91 Å². The van der Waals surface area contributed by atoms with Crippen LogP contribution < -0.4 is 14.8 Å². The van der Waals surface area contributed by atoms with Crippen LogP contribution in [0.2, 0.25) is 10.0 Å². The van der Waals surface area contributed by atoms with Gasteiger partial charge in [-0.15, -0.1) is 0 Å². The van der Waals surface area contributed by atoms with Gasteiger partial charge in [-0.25, -0.2) is 0 Å². The fraction of sp³-hybridized carbons (Fsp3) is 0.115. The number of carbonyl (C=O) groups excluding carboxylic acids is 3. The number of rotatable bonds is 8. The molecule has 1 aliphatic rings. The quantitative estimate of drug-likeness (QED) is 0.272. The molecule has 0 unspecified atom stereocenters. The predicted octanol–water partition coefficient (Wildman–Crippen LogP) is 7.02. The molecule has 0 bridgehead atoms. The van der Waals surface area contributed by atoms with Crippen LogP contribution in [-0.2, 0) is 16.2 Å². The first-order valence-electron chi connectivity index (χ1n) is 10.8. The predicted molar refractivity (Wildman–Crippen MR) is 149 cm³/mol. The molecule has 0 aliphatic carbocycles. The van der Waals surface area contributed by atoms with Crippen LogP contribution >= 0.6 is 50.9 Å². The highest BCUT2D eigenvalue weighted by atomic mass is 79.9. The van der Waals surface area contributed by atoms with Crippen molar-refractivity contribution in [2.24, 2.45) is 0 Å². The van der Waals surface area contributed by atoms with Crippen LogP contribution in [0, 0.1) is 0 Å². The highest BCUT2D eigenvalue weighted by Crippen LogP contribution is 2.39. The van der Waals surface area contributed by atoms with Crippen molar-refractivity contribution in [1.29, 1.82) is 0 Å². The topological polar surface area (TPSA) is 84.9 Å². The average Bonchev–Trinajstić information content (AvgIpc) is 3.12.